The van der Waals surface area contributed by atoms with Crippen molar-refractivity contribution in [3.8, 4) is 0 Å². The van der Waals surface area contributed by atoms with Crippen LogP contribution in [0.3, 0.4) is 0 Å². The fourth-order valence-electron chi connectivity index (χ4n) is 1.31. The second kappa shape index (κ2) is 7.08. The van der Waals surface area contributed by atoms with Gasteiger partial charge >= 0.3 is 5.97 Å². The third kappa shape index (κ3) is 6.14. The van der Waals surface area contributed by atoms with Gasteiger partial charge in [0.15, 0.2) is 0 Å². The molecule has 98 valence electrons. The quantitative estimate of drug-likeness (QED) is 0.682. The molecule has 17 heavy (non-hydrogen) atoms. The third-order valence-electron chi connectivity index (χ3n) is 2.30. The zero-order valence-corrected chi connectivity index (χ0v) is 12.1. The molecule has 0 radical (unpaired) electrons. The number of benzene rings is 1. The normalized spacial score (nSPS) is 10.8. The van der Waals surface area contributed by atoms with E-state index >= 15 is 0 Å². The van der Waals surface area contributed by atoms with Crippen LogP contribution in [0.25, 0.3) is 0 Å². The fraction of sp³-hybridized carbons (Fsp3) is 0.462. The Bertz CT molecular complexity index is 355. The van der Waals surface area contributed by atoms with E-state index in [9.17, 15) is 4.79 Å². The molecule has 1 N–H and O–H groups in total. The molecule has 0 bridgehead atoms. The molecule has 0 saturated heterocycles. The molecule has 0 fully saturated rings. The minimum Gasteiger partial charge on any atom is -0.481 e. The summed E-state index contributed by atoms with van der Waals surface area (Å²) in [6, 6.07) is 8.35. The fourth-order valence-corrected chi connectivity index (χ4v) is 2.15. The monoisotopic (exact) mass is 296 g/mol. The van der Waals surface area contributed by atoms with Crippen LogP contribution in [0, 0.1) is 0 Å². The molecule has 2 nitrogen and oxygen atoms in total. The van der Waals surface area contributed by atoms with Crippen LogP contribution in [0.4, 0.5) is 0 Å². The van der Waals surface area contributed by atoms with Gasteiger partial charge in [-0.3, -0.25) is 4.79 Å². The van der Waals surface area contributed by atoms with Gasteiger partial charge in [-0.05, 0) is 23.1 Å². The van der Waals surface area contributed by atoms with Crippen molar-refractivity contribution >= 4 is 17.7 Å². The Labute approximate surface area is 117 Å². The first kappa shape index (κ1) is 16.5. The maximum Gasteiger partial charge on any atom is 0.304 e. The van der Waals surface area contributed by atoms with Crippen molar-refractivity contribution in [2.45, 2.75) is 37.5 Å². The summed E-state index contributed by atoms with van der Waals surface area (Å²) in [6.45, 7) is 6.54. The van der Waals surface area contributed by atoms with Crippen LogP contribution in [0.2, 0.25) is 0 Å². The van der Waals surface area contributed by atoms with Crippen molar-refractivity contribution in [1.82, 2.24) is 0 Å². The topological polar surface area (TPSA) is 37.3 Å². The van der Waals surface area contributed by atoms with Gasteiger partial charge in [-0.25, -0.2) is 0 Å². The summed E-state index contributed by atoms with van der Waals surface area (Å²) in [4.78, 5) is 11.5. The molecule has 0 atom stereocenters. The van der Waals surface area contributed by atoms with E-state index in [1.54, 1.807) is 11.8 Å². The molecule has 1 rings (SSSR count). The number of carbonyl (C=O) groups is 1. The second-order valence-corrected chi connectivity index (χ2v) is 5.93. The van der Waals surface area contributed by atoms with E-state index in [2.05, 4.69) is 45.0 Å². The Kier molecular flexibility index (Phi) is 6.88. The molecule has 0 unspecified atom stereocenters. The number of hydrogen-bond acceptors (Lipinski definition) is 2. The van der Waals surface area contributed by atoms with Crippen LogP contribution in [0.5, 0.6) is 0 Å². The molecule has 1 aromatic carbocycles. The Hall–Kier alpha value is -0.466. The first-order chi connectivity index (χ1) is 7.39. The van der Waals surface area contributed by atoms with Gasteiger partial charge in [0.25, 0.3) is 0 Å². The number of rotatable bonds is 4. The van der Waals surface area contributed by atoms with Crippen LogP contribution >= 0.6 is 11.8 Å². The Morgan fingerprint density at radius 1 is 1.24 bits per heavy atom. The number of aliphatic carboxylic acids is 1. The standard InChI is InChI=1S/C13H18O2S.Ni/c1-13(2,3)10-4-6-11(7-5-10)16-9-8-12(14)15;/h4-7H,8-9H2,1-3H3,(H,14,15);. The molecule has 0 spiro atoms. The summed E-state index contributed by atoms with van der Waals surface area (Å²) >= 11 is 1.59. The molecule has 0 amide bonds. The Morgan fingerprint density at radius 2 is 1.76 bits per heavy atom. The zero-order valence-electron chi connectivity index (χ0n) is 10.3. The number of hydrogen-bond donors (Lipinski definition) is 1. The van der Waals surface area contributed by atoms with Crippen LogP contribution in [-0.2, 0) is 26.7 Å². The van der Waals surface area contributed by atoms with E-state index in [1.165, 1.54) is 5.56 Å². The van der Waals surface area contributed by atoms with E-state index in [1.807, 2.05) is 0 Å². The Balaban J connectivity index is 0.00000256. The predicted octanol–water partition coefficient (Wildman–Crippen LogP) is 3.55. The van der Waals surface area contributed by atoms with Gasteiger partial charge in [-0.15, -0.1) is 11.8 Å². The van der Waals surface area contributed by atoms with E-state index in [4.69, 9.17) is 5.11 Å². The van der Waals surface area contributed by atoms with Crippen LogP contribution in [-0.4, -0.2) is 16.8 Å². The summed E-state index contributed by atoms with van der Waals surface area (Å²) in [7, 11) is 0. The summed E-state index contributed by atoms with van der Waals surface area (Å²) < 4.78 is 0. The van der Waals surface area contributed by atoms with Crippen molar-refractivity contribution in [3.63, 3.8) is 0 Å². The van der Waals surface area contributed by atoms with Crippen molar-refractivity contribution in [2.75, 3.05) is 5.75 Å². The maximum atomic E-state index is 10.4. The number of carboxylic acids is 1. The third-order valence-corrected chi connectivity index (χ3v) is 3.32. The predicted molar refractivity (Wildman–Crippen MR) is 68.1 cm³/mol. The molecule has 0 heterocycles. The van der Waals surface area contributed by atoms with Gasteiger partial charge < -0.3 is 5.11 Å². The molecular formula is C13H18NiO2S. The van der Waals surface area contributed by atoms with Crippen molar-refractivity contribution in [3.05, 3.63) is 29.8 Å². The second-order valence-electron chi connectivity index (χ2n) is 4.77. The van der Waals surface area contributed by atoms with Crippen LogP contribution < -0.4 is 0 Å². The molecule has 0 saturated carbocycles. The van der Waals surface area contributed by atoms with Gasteiger partial charge in [0.05, 0.1) is 6.42 Å². The zero-order chi connectivity index (χ0) is 12.2. The van der Waals surface area contributed by atoms with E-state index in [0.717, 1.165) is 4.90 Å². The van der Waals surface area contributed by atoms with Gasteiger partial charge in [-0.2, -0.15) is 0 Å². The average Bonchev–Trinajstić information content (AvgIpc) is 2.16. The SMILES string of the molecule is CC(C)(C)c1ccc(SCCC(=O)O)cc1.[Ni]. The van der Waals surface area contributed by atoms with Gasteiger partial charge in [0, 0.05) is 27.1 Å². The van der Waals surface area contributed by atoms with E-state index in [0.29, 0.717) is 5.75 Å². The summed E-state index contributed by atoms with van der Waals surface area (Å²) in [5.74, 6) is -0.108. The van der Waals surface area contributed by atoms with Crippen molar-refractivity contribution < 1.29 is 26.4 Å². The molecule has 4 heteroatoms. The maximum absolute atomic E-state index is 10.4. The minimum atomic E-state index is -0.737. The Morgan fingerprint density at radius 3 is 2.18 bits per heavy atom. The van der Waals surface area contributed by atoms with Crippen LogP contribution in [0.15, 0.2) is 29.2 Å². The van der Waals surface area contributed by atoms with Gasteiger partial charge in [0.1, 0.15) is 0 Å². The molecule has 0 aromatic heterocycles. The first-order valence-electron chi connectivity index (χ1n) is 5.35. The summed E-state index contributed by atoms with van der Waals surface area (Å²) in [5, 5.41) is 8.53. The smallest absolute Gasteiger partial charge is 0.304 e. The first-order valence-corrected chi connectivity index (χ1v) is 6.33. The van der Waals surface area contributed by atoms with Crippen molar-refractivity contribution in [1.29, 1.82) is 0 Å². The summed E-state index contributed by atoms with van der Waals surface area (Å²) in [5.41, 5.74) is 1.47. The minimum absolute atomic E-state index is 0. The van der Waals surface area contributed by atoms with Gasteiger partial charge in [-0.1, -0.05) is 32.9 Å². The largest absolute Gasteiger partial charge is 0.481 e. The van der Waals surface area contributed by atoms with Crippen LogP contribution in [0.1, 0.15) is 32.8 Å². The molecular weight excluding hydrogens is 279 g/mol. The molecule has 0 aliphatic rings. The number of thioether (sulfide) groups is 1. The number of carboxylic acid groups (broad SMARTS) is 1. The van der Waals surface area contributed by atoms with Crippen molar-refractivity contribution in [2.24, 2.45) is 0 Å². The average molecular weight is 297 g/mol. The van der Waals surface area contributed by atoms with E-state index < -0.39 is 5.97 Å². The summed E-state index contributed by atoms with van der Waals surface area (Å²) in [6.07, 6.45) is 0.214. The van der Waals surface area contributed by atoms with E-state index in [-0.39, 0.29) is 28.3 Å². The molecule has 0 aliphatic carbocycles. The molecule has 0 aliphatic heterocycles. The van der Waals surface area contributed by atoms with Gasteiger partial charge in [0.2, 0.25) is 0 Å². The molecule has 1 aromatic rings.